The van der Waals surface area contributed by atoms with Crippen molar-refractivity contribution in [1.29, 1.82) is 0 Å². The maximum absolute atomic E-state index is 11.2. The number of benzene rings is 2. The van der Waals surface area contributed by atoms with Gasteiger partial charge in [-0.1, -0.05) is 36.4 Å². The molecule has 2 aromatic rings. The fourth-order valence-electron chi connectivity index (χ4n) is 2.24. The third kappa shape index (κ3) is 5.25. The van der Waals surface area contributed by atoms with Gasteiger partial charge in [-0.05, 0) is 23.8 Å². The first-order valence-electron chi connectivity index (χ1n) is 7.93. The zero-order chi connectivity index (χ0) is 19.1. The van der Waals surface area contributed by atoms with Gasteiger partial charge in [-0.3, -0.25) is 10.1 Å². The Bertz CT molecular complexity index is 808. The van der Waals surface area contributed by atoms with E-state index in [4.69, 9.17) is 12.2 Å². The van der Waals surface area contributed by atoms with E-state index in [0.717, 1.165) is 5.56 Å². The second-order valence-corrected chi connectivity index (χ2v) is 6.20. The molecule has 0 aliphatic heterocycles. The number of anilines is 1. The topological polar surface area (TPSA) is 74.0 Å². The molecule has 1 N–H and O–H groups in total. The van der Waals surface area contributed by atoms with Crippen LogP contribution in [0.15, 0.2) is 53.6 Å². The minimum absolute atomic E-state index is 0.0337. The molecule has 0 aliphatic rings. The van der Waals surface area contributed by atoms with E-state index in [0.29, 0.717) is 22.9 Å². The van der Waals surface area contributed by atoms with Crippen molar-refractivity contribution in [2.24, 2.45) is 5.10 Å². The van der Waals surface area contributed by atoms with E-state index in [-0.39, 0.29) is 5.69 Å². The molecule has 0 aromatic heterocycles. The first kappa shape index (κ1) is 19.3. The molecule has 0 bridgehead atoms. The summed E-state index contributed by atoms with van der Waals surface area (Å²) in [4.78, 5) is 12.5. The summed E-state index contributed by atoms with van der Waals surface area (Å²) in [7, 11) is 5.25. The lowest BCUT2D eigenvalue weighted by molar-refractivity contribution is -0.384. The molecule has 26 heavy (non-hydrogen) atoms. The summed E-state index contributed by atoms with van der Waals surface area (Å²) < 4.78 is 0. The molecule has 0 amide bonds. The Hall–Kier alpha value is -3.00. The van der Waals surface area contributed by atoms with Crippen molar-refractivity contribution >= 4 is 34.9 Å². The third-order valence-electron chi connectivity index (χ3n) is 3.64. The summed E-state index contributed by atoms with van der Waals surface area (Å²) in [6, 6.07) is 14.9. The fourth-order valence-corrected chi connectivity index (χ4v) is 2.36. The van der Waals surface area contributed by atoms with Crippen LogP contribution in [0.25, 0.3) is 0 Å². The summed E-state index contributed by atoms with van der Waals surface area (Å²) in [5, 5.41) is 20.6. The fraction of sp³-hybridized carbons (Fsp3) is 0.222. The highest BCUT2D eigenvalue weighted by molar-refractivity contribution is 7.80. The largest absolute Gasteiger partial charge is 0.372 e. The van der Waals surface area contributed by atoms with E-state index in [1.807, 2.05) is 30.3 Å². The van der Waals surface area contributed by atoms with Crippen LogP contribution in [0.5, 0.6) is 0 Å². The number of nitrogens with zero attached hydrogens (tertiary/aromatic N) is 4. The minimum atomic E-state index is -0.400. The Balaban J connectivity index is 2.02. The van der Waals surface area contributed by atoms with Gasteiger partial charge < -0.3 is 10.2 Å². The van der Waals surface area contributed by atoms with E-state index >= 15 is 0 Å². The maximum Gasteiger partial charge on any atom is 0.293 e. The van der Waals surface area contributed by atoms with Crippen LogP contribution < -0.4 is 10.2 Å². The molecular weight excluding hydrogens is 350 g/mol. The lowest BCUT2D eigenvalue weighted by atomic mass is 10.2. The van der Waals surface area contributed by atoms with Crippen LogP contribution in [0.3, 0.4) is 0 Å². The number of thiocarbonyl (C=S) groups is 1. The molecule has 0 heterocycles. The van der Waals surface area contributed by atoms with Gasteiger partial charge in [-0.2, -0.15) is 5.10 Å². The number of hydrazone groups is 1. The Morgan fingerprint density at radius 2 is 1.92 bits per heavy atom. The molecule has 7 nitrogen and oxygen atoms in total. The average Bonchev–Trinajstić information content (AvgIpc) is 2.64. The molecule has 8 heteroatoms. The van der Waals surface area contributed by atoms with Gasteiger partial charge in [0.05, 0.1) is 11.1 Å². The second-order valence-electron chi connectivity index (χ2n) is 5.81. The van der Waals surface area contributed by atoms with Gasteiger partial charge in [-0.15, -0.1) is 0 Å². The van der Waals surface area contributed by atoms with Crippen LogP contribution in [-0.2, 0) is 6.54 Å². The Morgan fingerprint density at radius 3 is 2.54 bits per heavy atom. The highest BCUT2D eigenvalue weighted by atomic mass is 32.1. The van der Waals surface area contributed by atoms with Crippen LogP contribution in [0.2, 0.25) is 0 Å². The number of nitro groups is 1. The number of rotatable bonds is 6. The van der Waals surface area contributed by atoms with E-state index in [9.17, 15) is 10.1 Å². The van der Waals surface area contributed by atoms with E-state index < -0.39 is 4.92 Å². The molecule has 2 aromatic carbocycles. The van der Waals surface area contributed by atoms with E-state index in [1.165, 1.54) is 11.1 Å². The number of hydrogen-bond donors (Lipinski definition) is 1. The van der Waals surface area contributed by atoms with Gasteiger partial charge in [-0.25, -0.2) is 5.01 Å². The number of nitro benzene ring substituents is 1. The first-order chi connectivity index (χ1) is 12.4. The number of nitrogens with one attached hydrogen (secondary N) is 1. The molecule has 0 saturated carbocycles. The first-order valence-corrected chi connectivity index (χ1v) is 8.34. The molecule has 0 radical (unpaired) electrons. The van der Waals surface area contributed by atoms with Gasteiger partial charge in [0.1, 0.15) is 5.69 Å². The molecule has 0 aliphatic carbocycles. The third-order valence-corrected chi connectivity index (χ3v) is 4.05. The van der Waals surface area contributed by atoms with Gasteiger partial charge in [0.2, 0.25) is 0 Å². The van der Waals surface area contributed by atoms with Crippen LogP contribution in [-0.4, -0.2) is 42.4 Å². The SMILES string of the molecule is CN(/N=C\c1ccc(N(C)C)c([N+](=O)[O-])c1)C(=S)NCc1ccccc1. The van der Waals surface area contributed by atoms with Crippen molar-refractivity contribution in [3.05, 3.63) is 69.8 Å². The van der Waals surface area contributed by atoms with Crippen LogP contribution in [0.4, 0.5) is 11.4 Å². The number of hydrogen-bond acceptors (Lipinski definition) is 5. The van der Waals surface area contributed by atoms with Crippen molar-refractivity contribution in [1.82, 2.24) is 10.3 Å². The van der Waals surface area contributed by atoms with Crippen molar-refractivity contribution in [3.63, 3.8) is 0 Å². The summed E-state index contributed by atoms with van der Waals surface area (Å²) in [5.41, 5.74) is 2.31. The quantitative estimate of drug-likeness (QED) is 0.364. The normalized spacial score (nSPS) is 10.6. The average molecular weight is 371 g/mol. The lowest BCUT2D eigenvalue weighted by Gasteiger charge is -2.16. The maximum atomic E-state index is 11.2. The predicted molar refractivity (Wildman–Crippen MR) is 109 cm³/mol. The van der Waals surface area contributed by atoms with Crippen molar-refractivity contribution in [2.75, 3.05) is 26.0 Å². The van der Waals surface area contributed by atoms with Gasteiger partial charge in [0, 0.05) is 39.3 Å². The molecule has 0 saturated heterocycles. The van der Waals surface area contributed by atoms with Gasteiger partial charge >= 0.3 is 0 Å². The molecule has 136 valence electrons. The van der Waals surface area contributed by atoms with Crippen molar-refractivity contribution < 1.29 is 4.92 Å². The predicted octanol–water partition coefficient (Wildman–Crippen LogP) is 3.00. The van der Waals surface area contributed by atoms with Gasteiger partial charge in [0.25, 0.3) is 5.69 Å². The summed E-state index contributed by atoms with van der Waals surface area (Å²) in [6.45, 7) is 0.600. The van der Waals surface area contributed by atoms with E-state index in [1.54, 1.807) is 44.4 Å². The summed E-state index contributed by atoms with van der Waals surface area (Å²) >= 11 is 5.30. The van der Waals surface area contributed by atoms with Crippen LogP contribution in [0, 0.1) is 10.1 Å². The zero-order valence-electron chi connectivity index (χ0n) is 14.9. The summed E-state index contributed by atoms with van der Waals surface area (Å²) in [6.07, 6.45) is 1.54. The van der Waals surface area contributed by atoms with Crippen molar-refractivity contribution in [3.8, 4) is 0 Å². The smallest absolute Gasteiger partial charge is 0.293 e. The highest BCUT2D eigenvalue weighted by Gasteiger charge is 2.15. The Morgan fingerprint density at radius 1 is 1.23 bits per heavy atom. The Kier molecular flexibility index (Phi) is 6.62. The lowest BCUT2D eigenvalue weighted by Crippen LogP contribution is -2.33. The molecule has 0 unspecified atom stereocenters. The molecular formula is C18H21N5O2S. The zero-order valence-corrected chi connectivity index (χ0v) is 15.7. The molecule has 2 rings (SSSR count). The standard InChI is InChI=1S/C18H21N5O2S/c1-21(2)16-10-9-15(11-17(16)23(24)25)13-20-22(3)18(26)19-12-14-7-5-4-6-8-14/h4-11,13H,12H2,1-3H3,(H,19,26)/b20-13-. The van der Waals surface area contributed by atoms with Crippen LogP contribution in [0.1, 0.15) is 11.1 Å². The Labute approximate surface area is 158 Å². The van der Waals surface area contributed by atoms with Gasteiger partial charge in [0.15, 0.2) is 5.11 Å². The second kappa shape index (κ2) is 8.91. The van der Waals surface area contributed by atoms with Crippen LogP contribution >= 0.6 is 12.2 Å². The summed E-state index contributed by atoms with van der Waals surface area (Å²) in [5.74, 6) is 0. The minimum Gasteiger partial charge on any atom is -0.372 e. The van der Waals surface area contributed by atoms with E-state index in [2.05, 4.69) is 10.4 Å². The van der Waals surface area contributed by atoms with Crippen molar-refractivity contribution in [2.45, 2.75) is 6.54 Å². The molecule has 0 fully saturated rings. The highest BCUT2D eigenvalue weighted by Crippen LogP contribution is 2.27. The molecule has 0 spiro atoms. The monoisotopic (exact) mass is 371 g/mol. The molecule has 0 atom stereocenters.